The molecule has 5 heteroatoms. The SMILES string of the molecule is CN1CCN(C(CNC(=O)CCc2cccs2)Cc2ccccc2)CC1. The number of nitrogens with zero attached hydrogens (tertiary/aromatic N) is 2. The summed E-state index contributed by atoms with van der Waals surface area (Å²) in [6.07, 6.45) is 2.39. The predicted octanol–water partition coefficient (Wildman–Crippen LogP) is 2.66. The molecule has 1 atom stereocenters. The lowest BCUT2D eigenvalue weighted by molar-refractivity contribution is -0.121. The zero-order chi connectivity index (χ0) is 18.2. The molecule has 0 saturated carbocycles. The van der Waals surface area contributed by atoms with Gasteiger partial charge in [0.1, 0.15) is 0 Å². The number of piperazine rings is 1. The number of rotatable bonds is 8. The Kier molecular flexibility index (Phi) is 7.23. The molecule has 4 nitrogen and oxygen atoms in total. The first-order chi connectivity index (χ1) is 12.7. The van der Waals surface area contributed by atoms with Crippen molar-refractivity contribution in [2.24, 2.45) is 0 Å². The molecule has 3 rings (SSSR count). The lowest BCUT2D eigenvalue weighted by Gasteiger charge is -2.38. The van der Waals surface area contributed by atoms with Crippen molar-refractivity contribution < 1.29 is 4.79 Å². The monoisotopic (exact) mass is 371 g/mol. The molecule has 1 aromatic heterocycles. The number of aryl methyl sites for hydroxylation is 1. The summed E-state index contributed by atoms with van der Waals surface area (Å²) in [5.74, 6) is 0.158. The second-order valence-electron chi connectivity index (χ2n) is 7.07. The van der Waals surface area contributed by atoms with Crippen molar-refractivity contribution in [1.82, 2.24) is 15.1 Å². The van der Waals surface area contributed by atoms with Crippen molar-refractivity contribution in [3.63, 3.8) is 0 Å². The summed E-state index contributed by atoms with van der Waals surface area (Å²) < 4.78 is 0. The second kappa shape index (κ2) is 9.86. The molecule has 1 aliphatic rings. The number of hydrogen-bond donors (Lipinski definition) is 1. The van der Waals surface area contributed by atoms with Crippen molar-refractivity contribution in [3.05, 3.63) is 58.3 Å². The van der Waals surface area contributed by atoms with Gasteiger partial charge in [0.05, 0.1) is 0 Å². The van der Waals surface area contributed by atoms with Gasteiger partial charge in [-0.05, 0) is 36.9 Å². The summed E-state index contributed by atoms with van der Waals surface area (Å²) in [7, 11) is 2.18. The fourth-order valence-electron chi connectivity index (χ4n) is 3.42. The first-order valence-corrected chi connectivity index (χ1v) is 10.3. The number of benzene rings is 1. The van der Waals surface area contributed by atoms with Gasteiger partial charge in [-0.15, -0.1) is 11.3 Å². The van der Waals surface area contributed by atoms with Gasteiger partial charge in [0.15, 0.2) is 0 Å². The van der Waals surface area contributed by atoms with E-state index in [1.54, 1.807) is 11.3 Å². The van der Waals surface area contributed by atoms with Crippen molar-refractivity contribution in [2.75, 3.05) is 39.8 Å². The number of thiophene rings is 1. The maximum Gasteiger partial charge on any atom is 0.220 e. The van der Waals surface area contributed by atoms with Gasteiger partial charge < -0.3 is 10.2 Å². The summed E-state index contributed by atoms with van der Waals surface area (Å²) in [5.41, 5.74) is 1.34. The Morgan fingerprint density at radius 2 is 1.88 bits per heavy atom. The molecule has 1 N–H and O–H groups in total. The molecule has 1 aliphatic heterocycles. The Morgan fingerprint density at radius 3 is 2.58 bits per heavy atom. The maximum atomic E-state index is 12.3. The maximum absolute atomic E-state index is 12.3. The van der Waals surface area contributed by atoms with E-state index in [0.29, 0.717) is 12.5 Å². The molecular formula is C21H29N3OS. The minimum atomic E-state index is 0.158. The van der Waals surface area contributed by atoms with Gasteiger partial charge in [0.2, 0.25) is 5.91 Å². The first kappa shape index (κ1) is 19.1. The van der Waals surface area contributed by atoms with Crippen LogP contribution in [0.5, 0.6) is 0 Å². The molecule has 1 unspecified atom stereocenters. The van der Waals surface area contributed by atoms with Crippen LogP contribution in [0.1, 0.15) is 16.9 Å². The number of carbonyl (C=O) groups is 1. The average Bonchev–Trinajstić information content (AvgIpc) is 3.19. The first-order valence-electron chi connectivity index (χ1n) is 9.46. The van der Waals surface area contributed by atoms with Gasteiger partial charge in [0, 0.05) is 50.1 Å². The van der Waals surface area contributed by atoms with E-state index >= 15 is 0 Å². The molecule has 1 aromatic carbocycles. The Hall–Kier alpha value is -1.69. The van der Waals surface area contributed by atoms with E-state index in [1.807, 2.05) is 6.07 Å². The summed E-state index contributed by atoms with van der Waals surface area (Å²) in [4.78, 5) is 18.5. The van der Waals surface area contributed by atoms with Crippen molar-refractivity contribution >= 4 is 17.2 Å². The van der Waals surface area contributed by atoms with Crippen LogP contribution in [0.15, 0.2) is 47.8 Å². The van der Waals surface area contributed by atoms with Gasteiger partial charge in [0.25, 0.3) is 0 Å². The molecule has 2 heterocycles. The zero-order valence-electron chi connectivity index (χ0n) is 15.6. The third kappa shape index (κ3) is 5.94. The van der Waals surface area contributed by atoms with Crippen LogP contribution < -0.4 is 5.32 Å². The van der Waals surface area contributed by atoms with Gasteiger partial charge in [-0.3, -0.25) is 9.69 Å². The topological polar surface area (TPSA) is 35.6 Å². The predicted molar refractivity (Wildman–Crippen MR) is 109 cm³/mol. The Bertz CT molecular complexity index is 651. The second-order valence-corrected chi connectivity index (χ2v) is 8.10. The van der Waals surface area contributed by atoms with Gasteiger partial charge in [-0.25, -0.2) is 0 Å². The highest BCUT2D eigenvalue weighted by Gasteiger charge is 2.23. The van der Waals surface area contributed by atoms with Crippen LogP contribution in [-0.4, -0.2) is 61.5 Å². The minimum Gasteiger partial charge on any atom is -0.355 e. The van der Waals surface area contributed by atoms with Crippen LogP contribution in [0.2, 0.25) is 0 Å². The van der Waals surface area contributed by atoms with E-state index in [9.17, 15) is 4.79 Å². The highest BCUT2D eigenvalue weighted by Crippen LogP contribution is 2.13. The van der Waals surface area contributed by atoms with E-state index in [-0.39, 0.29) is 5.91 Å². The fraction of sp³-hybridized carbons (Fsp3) is 0.476. The smallest absolute Gasteiger partial charge is 0.220 e. The molecule has 140 valence electrons. The Morgan fingerprint density at radius 1 is 1.12 bits per heavy atom. The van der Waals surface area contributed by atoms with Gasteiger partial charge in [-0.2, -0.15) is 0 Å². The van der Waals surface area contributed by atoms with E-state index < -0.39 is 0 Å². The molecule has 1 fully saturated rings. The minimum absolute atomic E-state index is 0.158. The number of carbonyl (C=O) groups excluding carboxylic acids is 1. The Labute approximate surface area is 160 Å². The largest absolute Gasteiger partial charge is 0.355 e. The summed E-state index contributed by atoms with van der Waals surface area (Å²) in [6.45, 7) is 5.05. The van der Waals surface area contributed by atoms with E-state index in [4.69, 9.17) is 0 Å². The van der Waals surface area contributed by atoms with Gasteiger partial charge >= 0.3 is 0 Å². The molecule has 0 radical (unpaired) electrons. The average molecular weight is 372 g/mol. The number of hydrogen-bond acceptors (Lipinski definition) is 4. The molecule has 1 amide bonds. The molecule has 2 aromatic rings. The highest BCUT2D eigenvalue weighted by atomic mass is 32.1. The quantitative estimate of drug-likeness (QED) is 0.775. The molecule has 0 aliphatic carbocycles. The van der Waals surface area contributed by atoms with Crippen LogP contribution in [0.4, 0.5) is 0 Å². The van der Waals surface area contributed by atoms with Crippen LogP contribution >= 0.6 is 11.3 Å². The lowest BCUT2D eigenvalue weighted by Crippen LogP contribution is -2.53. The zero-order valence-corrected chi connectivity index (χ0v) is 16.4. The molecular weight excluding hydrogens is 342 g/mol. The Balaban J connectivity index is 1.53. The summed E-state index contributed by atoms with van der Waals surface area (Å²) >= 11 is 1.72. The van der Waals surface area contributed by atoms with Crippen LogP contribution in [-0.2, 0) is 17.6 Å². The van der Waals surface area contributed by atoms with Crippen LogP contribution in [0.25, 0.3) is 0 Å². The molecule has 1 saturated heterocycles. The van der Waals surface area contributed by atoms with E-state index in [0.717, 1.165) is 45.6 Å². The van der Waals surface area contributed by atoms with Crippen molar-refractivity contribution in [2.45, 2.75) is 25.3 Å². The van der Waals surface area contributed by atoms with Gasteiger partial charge in [-0.1, -0.05) is 36.4 Å². The number of likely N-dealkylation sites (N-methyl/N-ethyl adjacent to an activating group) is 1. The standard InChI is InChI=1S/C21H29N3OS/c1-23-11-13-24(14-12-23)19(16-18-6-3-2-4-7-18)17-22-21(25)10-9-20-8-5-15-26-20/h2-8,15,19H,9-14,16-17H2,1H3,(H,22,25). The number of nitrogens with one attached hydrogen (secondary N) is 1. The van der Waals surface area contributed by atoms with E-state index in [1.165, 1.54) is 10.4 Å². The summed E-state index contributed by atoms with van der Waals surface area (Å²) in [6, 6.07) is 15.1. The molecule has 0 spiro atoms. The highest BCUT2D eigenvalue weighted by molar-refractivity contribution is 7.09. The molecule has 26 heavy (non-hydrogen) atoms. The third-order valence-electron chi connectivity index (χ3n) is 5.08. The summed E-state index contributed by atoms with van der Waals surface area (Å²) in [5, 5.41) is 5.25. The van der Waals surface area contributed by atoms with Crippen LogP contribution in [0.3, 0.4) is 0 Å². The third-order valence-corrected chi connectivity index (χ3v) is 6.02. The fourth-order valence-corrected chi connectivity index (χ4v) is 4.12. The van der Waals surface area contributed by atoms with Crippen molar-refractivity contribution in [3.8, 4) is 0 Å². The lowest BCUT2D eigenvalue weighted by atomic mass is 10.0. The van der Waals surface area contributed by atoms with Crippen molar-refractivity contribution in [1.29, 1.82) is 0 Å². The van der Waals surface area contributed by atoms with Crippen LogP contribution in [0, 0.1) is 0 Å². The normalized spacial score (nSPS) is 17.1. The van der Waals surface area contributed by atoms with E-state index in [2.05, 4.69) is 63.9 Å². The number of amides is 1. The molecule has 0 bridgehead atoms.